The van der Waals surface area contributed by atoms with Gasteiger partial charge < -0.3 is 5.11 Å². The molecule has 0 spiro atoms. The van der Waals surface area contributed by atoms with Crippen molar-refractivity contribution in [3.05, 3.63) is 64.0 Å². The van der Waals surface area contributed by atoms with Gasteiger partial charge in [0.05, 0.1) is 0 Å². The summed E-state index contributed by atoms with van der Waals surface area (Å²) in [6.07, 6.45) is 2.78. The third kappa shape index (κ3) is 2.91. The van der Waals surface area contributed by atoms with Gasteiger partial charge >= 0.3 is 5.97 Å². The normalized spacial score (nSPS) is 11.3. The number of benzene rings is 2. The summed E-state index contributed by atoms with van der Waals surface area (Å²) in [6.45, 7) is 0. The quantitative estimate of drug-likeness (QED) is 0.633. The summed E-state index contributed by atoms with van der Waals surface area (Å²) >= 11 is 5.16. The Morgan fingerprint density at radius 2 is 1.81 bits per heavy atom. The van der Waals surface area contributed by atoms with Gasteiger partial charge in [0, 0.05) is 20.3 Å². The van der Waals surface area contributed by atoms with Gasteiger partial charge in [-0.05, 0) is 40.6 Å². The molecule has 3 aromatic rings. The Balaban J connectivity index is 2.09. The molecular formula is C17H11BrO2S. The smallest absolute Gasteiger partial charge is 0.328 e. The molecule has 0 aliphatic carbocycles. The van der Waals surface area contributed by atoms with Crippen LogP contribution in [-0.4, -0.2) is 11.1 Å². The van der Waals surface area contributed by atoms with Crippen molar-refractivity contribution in [3.63, 3.8) is 0 Å². The van der Waals surface area contributed by atoms with E-state index in [1.165, 1.54) is 10.8 Å². The highest BCUT2D eigenvalue weighted by molar-refractivity contribution is 9.10. The van der Waals surface area contributed by atoms with Gasteiger partial charge in [-0.1, -0.05) is 46.3 Å². The molecule has 1 heterocycles. The lowest BCUT2D eigenvalue weighted by Gasteiger charge is -2.06. The van der Waals surface area contributed by atoms with E-state index in [0.29, 0.717) is 0 Å². The van der Waals surface area contributed by atoms with Crippen molar-refractivity contribution in [2.45, 2.75) is 0 Å². The standard InChI is InChI=1S/C17H11BrO2S/c18-15-8-7-14(12-3-1-2-4-13(12)15)16-9-5-11(21-16)6-10-17(19)20/h1-10H,(H,19,20)/b10-6+. The van der Waals surface area contributed by atoms with E-state index in [4.69, 9.17) is 5.11 Å². The summed E-state index contributed by atoms with van der Waals surface area (Å²) < 4.78 is 1.07. The Morgan fingerprint density at radius 1 is 1.05 bits per heavy atom. The fraction of sp³-hybridized carbons (Fsp3) is 0. The van der Waals surface area contributed by atoms with Crippen molar-refractivity contribution < 1.29 is 9.90 Å². The topological polar surface area (TPSA) is 37.3 Å². The summed E-state index contributed by atoms with van der Waals surface area (Å²) in [4.78, 5) is 12.6. The van der Waals surface area contributed by atoms with Crippen LogP contribution in [0.15, 0.2) is 59.1 Å². The zero-order chi connectivity index (χ0) is 14.8. The molecule has 2 nitrogen and oxygen atoms in total. The molecule has 0 amide bonds. The number of halogens is 1. The summed E-state index contributed by atoms with van der Waals surface area (Å²) in [5.74, 6) is -0.931. The zero-order valence-corrected chi connectivity index (χ0v) is 13.3. The van der Waals surface area contributed by atoms with Crippen LogP contribution in [0.25, 0.3) is 27.3 Å². The van der Waals surface area contributed by atoms with Crippen LogP contribution in [0, 0.1) is 0 Å². The summed E-state index contributed by atoms with van der Waals surface area (Å²) in [5.41, 5.74) is 1.16. The lowest BCUT2D eigenvalue weighted by molar-refractivity contribution is -0.131. The van der Waals surface area contributed by atoms with Gasteiger partial charge in [0.25, 0.3) is 0 Å². The van der Waals surface area contributed by atoms with E-state index in [-0.39, 0.29) is 0 Å². The average Bonchev–Trinajstić information content (AvgIpc) is 2.94. The van der Waals surface area contributed by atoms with Crippen molar-refractivity contribution in [1.82, 2.24) is 0 Å². The number of aliphatic carboxylic acids is 1. The highest BCUT2D eigenvalue weighted by Crippen LogP contribution is 2.36. The molecule has 0 unspecified atom stereocenters. The number of rotatable bonds is 3. The molecule has 0 atom stereocenters. The minimum absolute atomic E-state index is 0.930. The number of carboxylic acids is 1. The Bertz CT molecular complexity index is 849. The Labute approximate surface area is 134 Å². The van der Waals surface area contributed by atoms with Gasteiger partial charge in [0.15, 0.2) is 0 Å². The van der Waals surface area contributed by atoms with Gasteiger partial charge in [0.2, 0.25) is 0 Å². The number of carbonyl (C=O) groups is 1. The number of hydrogen-bond donors (Lipinski definition) is 1. The lowest BCUT2D eigenvalue weighted by Crippen LogP contribution is -1.84. The molecule has 0 aliphatic rings. The third-order valence-electron chi connectivity index (χ3n) is 3.15. The van der Waals surface area contributed by atoms with Crippen LogP contribution in [0.3, 0.4) is 0 Å². The second-order valence-corrected chi connectivity index (χ2v) is 6.48. The average molecular weight is 359 g/mol. The monoisotopic (exact) mass is 358 g/mol. The summed E-state index contributed by atoms with van der Waals surface area (Å²) in [7, 11) is 0. The zero-order valence-electron chi connectivity index (χ0n) is 10.9. The first-order chi connectivity index (χ1) is 10.1. The molecule has 21 heavy (non-hydrogen) atoms. The molecule has 4 heteroatoms. The van der Waals surface area contributed by atoms with E-state index < -0.39 is 5.97 Å². The van der Waals surface area contributed by atoms with E-state index in [1.807, 2.05) is 30.3 Å². The highest BCUT2D eigenvalue weighted by Gasteiger charge is 2.08. The Morgan fingerprint density at radius 3 is 2.57 bits per heavy atom. The number of hydrogen-bond acceptors (Lipinski definition) is 2. The first-order valence-corrected chi connectivity index (χ1v) is 7.94. The van der Waals surface area contributed by atoms with Crippen LogP contribution in [-0.2, 0) is 4.79 Å². The molecule has 1 aromatic heterocycles. The van der Waals surface area contributed by atoms with Gasteiger partial charge in [-0.3, -0.25) is 0 Å². The molecule has 2 aromatic carbocycles. The number of fused-ring (bicyclic) bond motifs is 1. The van der Waals surface area contributed by atoms with Crippen molar-refractivity contribution in [1.29, 1.82) is 0 Å². The van der Waals surface area contributed by atoms with E-state index >= 15 is 0 Å². The Kier molecular flexibility index (Phi) is 3.90. The number of thiophene rings is 1. The van der Waals surface area contributed by atoms with Crippen LogP contribution < -0.4 is 0 Å². The van der Waals surface area contributed by atoms with Crippen LogP contribution in [0.1, 0.15) is 4.88 Å². The van der Waals surface area contributed by atoms with E-state index in [2.05, 4.69) is 34.1 Å². The van der Waals surface area contributed by atoms with Gasteiger partial charge in [-0.25, -0.2) is 4.79 Å². The fourth-order valence-electron chi connectivity index (χ4n) is 2.22. The van der Waals surface area contributed by atoms with Crippen molar-refractivity contribution >= 4 is 50.1 Å². The predicted molar refractivity (Wildman–Crippen MR) is 91.6 cm³/mol. The van der Waals surface area contributed by atoms with E-state index in [9.17, 15) is 4.79 Å². The molecular weight excluding hydrogens is 348 g/mol. The second-order valence-electron chi connectivity index (χ2n) is 4.51. The molecule has 0 fully saturated rings. The van der Waals surface area contributed by atoms with Crippen LogP contribution in [0.4, 0.5) is 0 Å². The van der Waals surface area contributed by atoms with Crippen molar-refractivity contribution in [2.24, 2.45) is 0 Å². The lowest BCUT2D eigenvalue weighted by atomic mass is 10.0. The maximum Gasteiger partial charge on any atom is 0.328 e. The second kappa shape index (κ2) is 5.84. The molecule has 0 bridgehead atoms. The predicted octanol–water partition coefficient (Wildman–Crippen LogP) is 5.43. The first-order valence-electron chi connectivity index (χ1n) is 6.33. The largest absolute Gasteiger partial charge is 0.478 e. The Hall–Kier alpha value is -1.91. The minimum atomic E-state index is -0.931. The third-order valence-corrected chi connectivity index (χ3v) is 4.93. The molecule has 0 radical (unpaired) electrons. The SMILES string of the molecule is O=C(O)/C=C/c1ccc(-c2ccc(Br)c3ccccc23)s1. The summed E-state index contributed by atoms with van der Waals surface area (Å²) in [6, 6.07) is 16.3. The van der Waals surface area contributed by atoms with Gasteiger partial charge in [-0.2, -0.15) is 0 Å². The fourth-order valence-corrected chi connectivity index (χ4v) is 3.65. The van der Waals surface area contributed by atoms with E-state index in [0.717, 1.165) is 25.9 Å². The van der Waals surface area contributed by atoms with E-state index in [1.54, 1.807) is 17.4 Å². The molecule has 1 N–H and O–H groups in total. The van der Waals surface area contributed by atoms with Gasteiger partial charge in [0.1, 0.15) is 0 Å². The molecule has 3 rings (SSSR count). The molecule has 104 valence electrons. The first kappa shape index (κ1) is 14.0. The van der Waals surface area contributed by atoms with Crippen LogP contribution in [0.5, 0.6) is 0 Å². The summed E-state index contributed by atoms with van der Waals surface area (Å²) in [5, 5.41) is 11.0. The molecule has 0 aliphatic heterocycles. The van der Waals surface area contributed by atoms with Gasteiger partial charge in [-0.15, -0.1) is 11.3 Å². The highest BCUT2D eigenvalue weighted by atomic mass is 79.9. The molecule has 0 saturated carbocycles. The number of carboxylic acid groups (broad SMARTS) is 1. The van der Waals surface area contributed by atoms with Crippen molar-refractivity contribution in [2.75, 3.05) is 0 Å². The van der Waals surface area contributed by atoms with Crippen LogP contribution >= 0.6 is 27.3 Å². The maximum absolute atomic E-state index is 10.6. The van der Waals surface area contributed by atoms with Crippen molar-refractivity contribution in [3.8, 4) is 10.4 Å². The van der Waals surface area contributed by atoms with Crippen LogP contribution in [0.2, 0.25) is 0 Å². The maximum atomic E-state index is 10.6. The minimum Gasteiger partial charge on any atom is -0.478 e. The molecule has 0 saturated heterocycles.